The van der Waals surface area contributed by atoms with Gasteiger partial charge in [-0.25, -0.2) is 13.2 Å². The van der Waals surface area contributed by atoms with E-state index in [0.29, 0.717) is 31.0 Å². The molecule has 7 nitrogen and oxygen atoms in total. The Morgan fingerprint density at radius 3 is 2.47 bits per heavy atom. The quantitative estimate of drug-likeness (QED) is 0.584. The maximum absolute atomic E-state index is 14.0. The van der Waals surface area contributed by atoms with Crippen molar-refractivity contribution in [2.75, 3.05) is 6.61 Å². The first-order valence-corrected chi connectivity index (χ1v) is 12.4. The second kappa shape index (κ2) is 9.63. The third-order valence-electron chi connectivity index (χ3n) is 7.62. The minimum atomic E-state index is -1.14. The number of nitrogens with zero attached hydrogens (tertiary/aromatic N) is 2. The standard InChI is InChI=1S/C26H28F3N3O4/c1-2-3-8-36-24-22-26(35)32-16-6-4-14(5-7-16)21(32)13-31(22)12-18(23(24)33)25(34)30-11-17-19(28)9-15(27)10-20(17)29/h9-10,12,14,16,21H,2-8,11,13H2,1H3,(H,30,34)/t14?,16?,21-/m1/s1. The van der Waals surface area contributed by atoms with Crippen molar-refractivity contribution in [2.45, 2.75) is 70.6 Å². The minimum absolute atomic E-state index is 0.0122. The summed E-state index contributed by atoms with van der Waals surface area (Å²) >= 11 is 0. The second-order valence-corrected chi connectivity index (χ2v) is 9.78. The van der Waals surface area contributed by atoms with E-state index in [9.17, 15) is 27.6 Å². The maximum Gasteiger partial charge on any atom is 0.275 e. The van der Waals surface area contributed by atoms with E-state index in [0.717, 1.165) is 32.1 Å². The summed E-state index contributed by atoms with van der Waals surface area (Å²) in [5.74, 6) is -4.28. The third-order valence-corrected chi connectivity index (χ3v) is 7.62. The summed E-state index contributed by atoms with van der Waals surface area (Å²) in [4.78, 5) is 41.9. The van der Waals surface area contributed by atoms with E-state index in [2.05, 4.69) is 5.32 Å². The lowest BCUT2D eigenvalue weighted by Crippen LogP contribution is -2.62. The molecule has 1 aliphatic carbocycles. The number of fused-ring (bicyclic) bond motifs is 3. The molecule has 2 saturated heterocycles. The van der Waals surface area contributed by atoms with Crippen molar-refractivity contribution in [3.63, 3.8) is 0 Å². The highest BCUT2D eigenvalue weighted by Gasteiger charge is 2.48. The largest absolute Gasteiger partial charge is 0.487 e. The van der Waals surface area contributed by atoms with Crippen LogP contribution in [0.5, 0.6) is 5.75 Å². The molecule has 6 rings (SSSR count). The third kappa shape index (κ3) is 4.16. The fourth-order valence-electron chi connectivity index (χ4n) is 5.76. The minimum Gasteiger partial charge on any atom is -0.487 e. The number of halogens is 3. The van der Waals surface area contributed by atoms with Gasteiger partial charge in [-0.05, 0) is 38.0 Å². The molecule has 4 aliphatic rings. The molecule has 0 spiro atoms. The first kappa shape index (κ1) is 24.4. The molecule has 36 heavy (non-hydrogen) atoms. The predicted octanol–water partition coefficient (Wildman–Crippen LogP) is 3.77. The van der Waals surface area contributed by atoms with Crippen molar-refractivity contribution in [3.8, 4) is 5.75 Å². The van der Waals surface area contributed by atoms with Crippen LogP contribution in [0.25, 0.3) is 0 Å². The molecule has 3 aliphatic heterocycles. The Labute approximate surface area is 206 Å². The van der Waals surface area contributed by atoms with Gasteiger partial charge in [0.2, 0.25) is 5.43 Å². The Bertz CT molecular complexity index is 1250. The number of carbonyl (C=O) groups is 2. The van der Waals surface area contributed by atoms with E-state index in [1.807, 2.05) is 11.8 Å². The lowest BCUT2D eigenvalue weighted by Gasteiger charge is -2.54. The summed E-state index contributed by atoms with van der Waals surface area (Å²) in [5.41, 5.74) is -1.40. The van der Waals surface area contributed by atoms with Gasteiger partial charge in [0.15, 0.2) is 11.4 Å². The molecule has 10 heteroatoms. The van der Waals surface area contributed by atoms with Gasteiger partial charge in [-0.1, -0.05) is 13.3 Å². The second-order valence-electron chi connectivity index (χ2n) is 9.78. The molecule has 1 aromatic heterocycles. The van der Waals surface area contributed by atoms with Gasteiger partial charge < -0.3 is 19.5 Å². The molecule has 1 saturated carbocycles. The first-order valence-electron chi connectivity index (χ1n) is 12.4. The van der Waals surface area contributed by atoms with Gasteiger partial charge >= 0.3 is 0 Å². The highest BCUT2D eigenvalue weighted by atomic mass is 19.1. The van der Waals surface area contributed by atoms with E-state index >= 15 is 0 Å². The Kier molecular flexibility index (Phi) is 6.53. The number of rotatable bonds is 7. The Hall–Kier alpha value is -3.30. The summed E-state index contributed by atoms with van der Waals surface area (Å²) in [6.45, 7) is 2.03. The van der Waals surface area contributed by atoms with Crippen molar-refractivity contribution < 1.29 is 27.5 Å². The lowest BCUT2D eigenvalue weighted by molar-refractivity contribution is -0.0182. The highest BCUT2D eigenvalue weighted by Crippen LogP contribution is 2.43. The molecule has 2 bridgehead atoms. The first-order chi connectivity index (χ1) is 17.3. The van der Waals surface area contributed by atoms with Crippen LogP contribution in [0, 0.1) is 23.4 Å². The zero-order valence-corrected chi connectivity index (χ0v) is 20.0. The fraction of sp³-hybridized carbons (Fsp3) is 0.500. The Morgan fingerprint density at radius 2 is 1.81 bits per heavy atom. The fourth-order valence-corrected chi connectivity index (χ4v) is 5.76. The lowest BCUT2D eigenvalue weighted by atomic mass is 9.73. The van der Waals surface area contributed by atoms with E-state index in [4.69, 9.17) is 4.74 Å². The van der Waals surface area contributed by atoms with E-state index < -0.39 is 40.9 Å². The van der Waals surface area contributed by atoms with Gasteiger partial charge in [0.25, 0.3) is 11.8 Å². The van der Waals surface area contributed by atoms with E-state index in [1.54, 1.807) is 4.57 Å². The molecule has 2 amide bonds. The molecule has 192 valence electrons. The number of amides is 2. The Balaban J connectivity index is 1.49. The van der Waals surface area contributed by atoms with Crippen LogP contribution >= 0.6 is 0 Å². The SMILES string of the molecule is CCCCOc1c2n(cc(C(=O)NCc3c(F)cc(F)cc3F)c1=O)C[C@@H]1C3CCC(CC3)N1C2=O. The number of ether oxygens (including phenoxy) is 1. The van der Waals surface area contributed by atoms with Crippen LogP contribution in [-0.2, 0) is 13.1 Å². The number of aromatic nitrogens is 1. The molecule has 1 aromatic carbocycles. The normalized spacial score (nSPS) is 22.3. The number of piperidine rings is 2. The average molecular weight is 504 g/mol. The average Bonchev–Trinajstić information content (AvgIpc) is 2.85. The summed E-state index contributed by atoms with van der Waals surface area (Å²) in [7, 11) is 0. The van der Waals surface area contributed by atoms with Crippen LogP contribution in [0.4, 0.5) is 13.2 Å². The maximum atomic E-state index is 14.0. The van der Waals surface area contributed by atoms with E-state index in [-0.39, 0.29) is 41.6 Å². The van der Waals surface area contributed by atoms with Crippen LogP contribution in [0.2, 0.25) is 0 Å². The van der Waals surface area contributed by atoms with Gasteiger partial charge in [0.1, 0.15) is 23.0 Å². The van der Waals surface area contributed by atoms with Crippen molar-refractivity contribution in [3.05, 3.63) is 62.8 Å². The van der Waals surface area contributed by atoms with Crippen LogP contribution in [0.1, 0.15) is 71.9 Å². The number of nitrogens with one attached hydrogen (secondary N) is 1. The number of pyridine rings is 1. The number of unbranched alkanes of at least 4 members (excludes halogenated alkanes) is 1. The summed E-state index contributed by atoms with van der Waals surface area (Å²) in [6, 6.07) is 1.17. The number of hydrogen-bond acceptors (Lipinski definition) is 4. The van der Waals surface area contributed by atoms with E-state index in [1.165, 1.54) is 6.20 Å². The molecular formula is C26H28F3N3O4. The summed E-state index contributed by atoms with van der Waals surface area (Å²) < 4.78 is 48.7. The smallest absolute Gasteiger partial charge is 0.275 e. The summed E-state index contributed by atoms with van der Waals surface area (Å²) in [6.07, 6.45) is 6.77. The molecule has 2 aromatic rings. The molecular weight excluding hydrogens is 475 g/mol. The summed E-state index contributed by atoms with van der Waals surface area (Å²) in [5, 5.41) is 2.35. The molecule has 4 heterocycles. The number of hydrogen-bond donors (Lipinski definition) is 1. The zero-order valence-electron chi connectivity index (χ0n) is 20.0. The van der Waals surface area contributed by atoms with Crippen LogP contribution in [-0.4, -0.2) is 40.0 Å². The predicted molar refractivity (Wildman–Crippen MR) is 124 cm³/mol. The number of benzene rings is 1. The highest BCUT2D eigenvalue weighted by molar-refractivity contribution is 5.99. The molecule has 0 radical (unpaired) electrons. The van der Waals surface area contributed by atoms with Gasteiger partial charge in [-0.3, -0.25) is 14.4 Å². The number of carbonyl (C=O) groups excluding carboxylic acids is 2. The molecule has 1 atom stereocenters. The monoisotopic (exact) mass is 503 g/mol. The van der Waals surface area contributed by atoms with Gasteiger partial charge in [-0.15, -0.1) is 0 Å². The van der Waals surface area contributed by atoms with Crippen molar-refractivity contribution in [1.29, 1.82) is 0 Å². The van der Waals surface area contributed by atoms with Crippen molar-refractivity contribution in [2.24, 2.45) is 5.92 Å². The molecule has 3 fully saturated rings. The van der Waals surface area contributed by atoms with Crippen molar-refractivity contribution in [1.82, 2.24) is 14.8 Å². The van der Waals surface area contributed by atoms with Crippen molar-refractivity contribution >= 4 is 11.8 Å². The van der Waals surface area contributed by atoms with Crippen LogP contribution in [0.3, 0.4) is 0 Å². The molecule has 0 unspecified atom stereocenters. The Morgan fingerprint density at radius 1 is 1.11 bits per heavy atom. The van der Waals surface area contributed by atoms with Crippen LogP contribution in [0.15, 0.2) is 23.1 Å². The molecule has 1 N–H and O–H groups in total. The zero-order chi connectivity index (χ0) is 25.6. The van der Waals surface area contributed by atoms with Gasteiger partial charge in [0.05, 0.1) is 12.6 Å². The topological polar surface area (TPSA) is 80.6 Å². The van der Waals surface area contributed by atoms with Crippen LogP contribution < -0.4 is 15.5 Å². The van der Waals surface area contributed by atoms with Gasteiger partial charge in [0, 0.05) is 43.0 Å². The van der Waals surface area contributed by atoms with Gasteiger partial charge in [-0.2, -0.15) is 0 Å².